The van der Waals surface area contributed by atoms with Gasteiger partial charge >= 0.3 is 6.18 Å². The van der Waals surface area contributed by atoms with Crippen molar-refractivity contribution in [2.24, 2.45) is 12.9 Å². The number of aromatic nitrogens is 3. The second-order valence-electron chi connectivity index (χ2n) is 9.44. The quantitative estimate of drug-likeness (QED) is 0.328. The van der Waals surface area contributed by atoms with Crippen LogP contribution in [0.25, 0.3) is 11.2 Å². The maximum absolute atomic E-state index is 13.4. The zero-order valence-electron chi connectivity index (χ0n) is 22.5. The molecule has 0 bridgehead atoms. The van der Waals surface area contributed by atoms with E-state index in [1.54, 1.807) is 42.2 Å². The van der Waals surface area contributed by atoms with Crippen molar-refractivity contribution < 1.29 is 37.1 Å². The molecule has 1 aromatic carbocycles. The molecule has 2 aromatic heterocycles. The average molecular weight is 578 g/mol. The van der Waals surface area contributed by atoms with Crippen molar-refractivity contribution in [3.63, 3.8) is 0 Å². The molecular formula is C26H30F3N7O5. The fourth-order valence-corrected chi connectivity index (χ4v) is 4.57. The standard InChI is InChI=1S/C26H30F3N7O5/c1-3-17-22(34-24(38)15-7-5-4-6-8-15)33-19-21(40-14-26(27,28)29)20(35(2)23(19)32-17)25(39)31-16-9-11-36(12-10-16)18(37)13-41-30/h4-8,16H,3,9-14,30H2,1-2H3,(H,31,39)(H,33,34,38). The van der Waals surface area contributed by atoms with Crippen molar-refractivity contribution >= 4 is 34.7 Å². The lowest BCUT2D eigenvalue weighted by molar-refractivity contribution is -0.153. The molecular weight excluding hydrogens is 547 g/mol. The van der Waals surface area contributed by atoms with Crippen molar-refractivity contribution in [2.75, 3.05) is 31.6 Å². The molecule has 3 heterocycles. The molecule has 0 spiro atoms. The first kappa shape index (κ1) is 29.7. The lowest BCUT2D eigenvalue weighted by Gasteiger charge is -2.32. The number of halogens is 3. The number of fused-ring (bicyclic) bond motifs is 1. The van der Waals surface area contributed by atoms with Crippen LogP contribution in [0.5, 0.6) is 5.75 Å². The number of alkyl halides is 3. The van der Waals surface area contributed by atoms with Gasteiger partial charge in [0.15, 0.2) is 35.0 Å². The summed E-state index contributed by atoms with van der Waals surface area (Å²) in [7, 11) is 1.47. The molecule has 0 unspecified atom stereocenters. The van der Waals surface area contributed by atoms with E-state index in [2.05, 4.69) is 25.4 Å². The van der Waals surface area contributed by atoms with E-state index in [1.165, 1.54) is 11.6 Å². The molecule has 0 atom stereocenters. The predicted octanol–water partition coefficient (Wildman–Crippen LogP) is 2.34. The minimum absolute atomic E-state index is 0.0433. The summed E-state index contributed by atoms with van der Waals surface area (Å²) in [6, 6.07) is 7.97. The number of hydrogen-bond donors (Lipinski definition) is 3. The molecule has 0 aliphatic carbocycles. The number of carbonyl (C=O) groups excluding carboxylic acids is 3. The number of amides is 3. The van der Waals surface area contributed by atoms with Crippen LogP contribution >= 0.6 is 0 Å². The number of benzene rings is 1. The highest BCUT2D eigenvalue weighted by Gasteiger charge is 2.34. The lowest BCUT2D eigenvalue weighted by atomic mass is 10.0. The number of anilines is 1. The molecule has 15 heteroatoms. The number of nitrogens with two attached hydrogens (primary N) is 1. The Balaban J connectivity index is 1.66. The summed E-state index contributed by atoms with van der Waals surface area (Å²) < 4.78 is 46.0. The highest BCUT2D eigenvalue weighted by atomic mass is 19.4. The first-order chi connectivity index (χ1) is 19.5. The zero-order chi connectivity index (χ0) is 29.7. The van der Waals surface area contributed by atoms with E-state index in [0.717, 1.165) is 0 Å². The molecule has 41 heavy (non-hydrogen) atoms. The van der Waals surface area contributed by atoms with Crippen LogP contribution in [-0.4, -0.2) is 75.7 Å². The number of likely N-dealkylation sites (tertiary alicyclic amines) is 1. The smallest absolute Gasteiger partial charge is 0.422 e. The molecule has 3 aromatic rings. The van der Waals surface area contributed by atoms with Crippen LogP contribution in [0, 0.1) is 0 Å². The Kier molecular flexibility index (Phi) is 9.08. The van der Waals surface area contributed by atoms with Gasteiger partial charge in [-0.15, -0.1) is 0 Å². The molecule has 4 N–H and O–H groups in total. The van der Waals surface area contributed by atoms with Gasteiger partial charge in [-0.2, -0.15) is 13.2 Å². The van der Waals surface area contributed by atoms with Crippen LogP contribution in [0.3, 0.4) is 0 Å². The highest BCUT2D eigenvalue weighted by Crippen LogP contribution is 2.34. The zero-order valence-corrected chi connectivity index (χ0v) is 22.5. The summed E-state index contributed by atoms with van der Waals surface area (Å²) in [4.78, 5) is 53.1. The maximum atomic E-state index is 13.4. The maximum Gasteiger partial charge on any atom is 0.422 e. The Bertz CT molecular complexity index is 1420. The van der Waals surface area contributed by atoms with Crippen LogP contribution in [0.2, 0.25) is 0 Å². The van der Waals surface area contributed by atoms with E-state index >= 15 is 0 Å². The molecule has 3 amide bonds. The molecule has 12 nitrogen and oxygen atoms in total. The van der Waals surface area contributed by atoms with Gasteiger partial charge < -0.3 is 24.8 Å². The largest absolute Gasteiger partial charge is 0.479 e. The molecule has 1 fully saturated rings. The van der Waals surface area contributed by atoms with E-state index in [0.29, 0.717) is 43.6 Å². The summed E-state index contributed by atoms with van der Waals surface area (Å²) in [6.45, 7) is 0.530. The van der Waals surface area contributed by atoms with Gasteiger partial charge in [0.25, 0.3) is 17.7 Å². The predicted molar refractivity (Wildman–Crippen MR) is 141 cm³/mol. The molecule has 1 saturated heterocycles. The fourth-order valence-electron chi connectivity index (χ4n) is 4.57. The molecule has 1 aliphatic heterocycles. The monoisotopic (exact) mass is 577 g/mol. The Morgan fingerprint density at radius 3 is 2.39 bits per heavy atom. The molecule has 4 rings (SSSR count). The second-order valence-corrected chi connectivity index (χ2v) is 9.44. The van der Waals surface area contributed by atoms with Crippen LogP contribution in [0.15, 0.2) is 30.3 Å². The lowest BCUT2D eigenvalue weighted by Crippen LogP contribution is -2.47. The third kappa shape index (κ3) is 6.92. The van der Waals surface area contributed by atoms with Crippen molar-refractivity contribution in [1.82, 2.24) is 24.8 Å². The summed E-state index contributed by atoms with van der Waals surface area (Å²) in [5.74, 6) is 3.14. The number of nitrogens with one attached hydrogen (secondary N) is 2. The van der Waals surface area contributed by atoms with E-state index in [9.17, 15) is 27.6 Å². The third-order valence-corrected chi connectivity index (χ3v) is 6.62. The third-order valence-electron chi connectivity index (χ3n) is 6.62. The Morgan fingerprint density at radius 1 is 1.10 bits per heavy atom. The Hall–Kier alpha value is -4.24. The van der Waals surface area contributed by atoms with Crippen molar-refractivity contribution in [2.45, 2.75) is 38.4 Å². The van der Waals surface area contributed by atoms with Gasteiger partial charge in [0.05, 0.1) is 5.69 Å². The van der Waals surface area contributed by atoms with Gasteiger partial charge in [-0.3, -0.25) is 19.2 Å². The van der Waals surface area contributed by atoms with Crippen LogP contribution < -0.4 is 21.3 Å². The summed E-state index contributed by atoms with van der Waals surface area (Å²) in [5, 5.41) is 5.49. The molecule has 1 aliphatic rings. The minimum atomic E-state index is -4.69. The van der Waals surface area contributed by atoms with Crippen LogP contribution in [-0.2, 0) is 23.1 Å². The molecule has 0 radical (unpaired) electrons. The number of hydrogen-bond acceptors (Lipinski definition) is 8. The highest BCUT2D eigenvalue weighted by molar-refractivity contribution is 6.05. The van der Waals surface area contributed by atoms with Crippen molar-refractivity contribution in [3.8, 4) is 5.75 Å². The first-order valence-corrected chi connectivity index (χ1v) is 12.9. The SMILES string of the molecule is CCc1nc2c(nc1NC(=O)c1ccccc1)c(OCC(F)(F)F)c(C(=O)NC1CCN(C(=O)CON)CC1)n2C. The molecule has 0 saturated carbocycles. The Labute approximate surface area is 232 Å². The van der Waals surface area contributed by atoms with Gasteiger partial charge in [-0.1, -0.05) is 25.1 Å². The number of aryl methyl sites for hydroxylation is 2. The van der Waals surface area contributed by atoms with Crippen LogP contribution in [0.4, 0.5) is 19.0 Å². The first-order valence-electron chi connectivity index (χ1n) is 12.9. The van der Waals surface area contributed by atoms with E-state index < -0.39 is 30.3 Å². The van der Waals surface area contributed by atoms with E-state index in [4.69, 9.17) is 10.6 Å². The minimum Gasteiger partial charge on any atom is -0.479 e. The summed E-state index contributed by atoms with van der Waals surface area (Å²) >= 11 is 0. The van der Waals surface area contributed by atoms with Gasteiger partial charge in [0.1, 0.15) is 6.61 Å². The molecule has 220 valence electrons. The van der Waals surface area contributed by atoms with Gasteiger partial charge in [0, 0.05) is 31.7 Å². The normalized spacial score (nSPS) is 14.2. The number of carbonyl (C=O) groups is 3. The number of nitrogens with zero attached hydrogens (tertiary/aromatic N) is 4. The Morgan fingerprint density at radius 2 is 1.78 bits per heavy atom. The van der Waals surface area contributed by atoms with E-state index in [-0.39, 0.29) is 41.2 Å². The van der Waals surface area contributed by atoms with Gasteiger partial charge in [-0.05, 0) is 31.4 Å². The topological polar surface area (TPSA) is 154 Å². The average Bonchev–Trinajstić information content (AvgIpc) is 3.22. The fraction of sp³-hybridized carbons (Fsp3) is 0.423. The van der Waals surface area contributed by atoms with Crippen molar-refractivity contribution in [1.29, 1.82) is 0 Å². The number of ether oxygens (including phenoxy) is 1. The number of rotatable bonds is 9. The summed E-state index contributed by atoms with van der Waals surface area (Å²) in [5.41, 5.74) is 0.526. The van der Waals surface area contributed by atoms with Gasteiger partial charge in [-0.25, -0.2) is 15.9 Å². The summed E-state index contributed by atoms with van der Waals surface area (Å²) in [6.07, 6.45) is -3.53. The van der Waals surface area contributed by atoms with Crippen molar-refractivity contribution in [3.05, 3.63) is 47.3 Å². The van der Waals surface area contributed by atoms with Gasteiger partial charge in [0.2, 0.25) is 0 Å². The van der Waals surface area contributed by atoms with E-state index in [1.807, 2.05) is 0 Å². The van der Waals surface area contributed by atoms with Crippen LogP contribution in [0.1, 0.15) is 46.3 Å². The second kappa shape index (κ2) is 12.5. The number of piperidine rings is 1.